The summed E-state index contributed by atoms with van der Waals surface area (Å²) in [7, 11) is 0. The first-order valence-corrected chi connectivity index (χ1v) is 10.00. The molecular formula is C23H21Cl2NO3. The van der Waals surface area contributed by atoms with Gasteiger partial charge < -0.3 is 9.67 Å². The van der Waals surface area contributed by atoms with E-state index in [0.29, 0.717) is 34.3 Å². The lowest BCUT2D eigenvalue weighted by molar-refractivity contribution is 0.0695. The van der Waals surface area contributed by atoms with Crippen molar-refractivity contribution in [2.75, 3.05) is 0 Å². The molecular weight excluding hydrogens is 409 g/mol. The van der Waals surface area contributed by atoms with Crippen LogP contribution in [0.3, 0.4) is 0 Å². The van der Waals surface area contributed by atoms with Crippen LogP contribution in [-0.4, -0.2) is 15.6 Å². The minimum Gasteiger partial charge on any atom is -0.477 e. The third kappa shape index (κ3) is 4.24. The molecule has 4 nitrogen and oxygen atoms in total. The average molecular weight is 430 g/mol. The number of aromatic nitrogens is 1. The van der Waals surface area contributed by atoms with Gasteiger partial charge in [0, 0.05) is 30.3 Å². The molecule has 0 saturated heterocycles. The van der Waals surface area contributed by atoms with Crippen LogP contribution in [0.1, 0.15) is 39.7 Å². The second kappa shape index (κ2) is 8.44. The highest BCUT2D eigenvalue weighted by molar-refractivity contribution is 6.42. The number of hydrogen-bond acceptors (Lipinski definition) is 2. The molecule has 0 amide bonds. The standard InChI is InChI=1S/C23H21Cl2NO3/c1-4-26-17(10-15-6-5-13(2)9-14(15)3)12-20(27)21(23(28)29)22(26)16-7-8-18(24)19(25)11-16/h5-9,11-12H,4,10H2,1-3H3,(H,28,29). The van der Waals surface area contributed by atoms with Crippen molar-refractivity contribution < 1.29 is 9.90 Å². The third-order valence-electron chi connectivity index (χ3n) is 4.99. The summed E-state index contributed by atoms with van der Waals surface area (Å²) in [5.74, 6) is -1.27. The van der Waals surface area contributed by atoms with Crippen molar-refractivity contribution in [1.82, 2.24) is 4.57 Å². The molecule has 0 radical (unpaired) electrons. The van der Waals surface area contributed by atoms with Gasteiger partial charge in [-0.05, 0) is 44.0 Å². The van der Waals surface area contributed by atoms with Crippen molar-refractivity contribution in [2.24, 2.45) is 0 Å². The predicted molar refractivity (Wildman–Crippen MR) is 118 cm³/mol. The molecule has 1 aromatic heterocycles. The SMILES string of the molecule is CCn1c(Cc2ccc(C)cc2C)cc(=O)c(C(=O)O)c1-c1ccc(Cl)c(Cl)c1. The van der Waals surface area contributed by atoms with E-state index >= 15 is 0 Å². The highest BCUT2D eigenvalue weighted by Crippen LogP contribution is 2.31. The molecule has 2 aromatic carbocycles. The van der Waals surface area contributed by atoms with Gasteiger partial charge >= 0.3 is 5.97 Å². The summed E-state index contributed by atoms with van der Waals surface area (Å²) >= 11 is 12.2. The quantitative estimate of drug-likeness (QED) is 0.561. The van der Waals surface area contributed by atoms with E-state index in [1.165, 1.54) is 6.07 Å². The van der Waals surface area contributed by atoms with Gasteiger partial charge in [0.25, 0.3) is 0 Å². The zero-order chi connectivity index (χ0) is 21.3. The molecule has 0 aliphatic rings. The first-order valence-electron chi connectivity index (χ1n) is 9.24. The van der Waals surface area contributed by atoms with E-state index in [1.807, 2.05) is 37.5 Å². The van der Waals surface area contributed by atoms with E-state index in [-0.39, 0.29) is 5.56 Å². The monoisotopic (exact) mass is 429 g/mol. The molecule has 3 rings (SSSR count). The van der Waals surface area contributed by atoms with Crippen LogP contribution in [0.2, 0.25) is 10.0 Å². The van der Waals surface area contributed by atoms with E-state index in [0.717, 1.165) is 22.4 Å². The fraction of sp³-hybridized carbons (Fsp3) is 0.217. The molecule has 3 aromatic rings. The second-order valence-electron chi connectivity index (χ2n) is 7.01. The van der Waals surface area contributed by atoms with Gasteiger partial charge in [-0.3, -0.25) is 4.79 Å². The predicted octanol–water partition coefficient (Wildman–Crippen LogP) is 5.75. The van der Waals surface area contributed by atoms with E-state index in [9.17, 15) is 14.7 Å². The summed E-state index contributed by atoms with van der Waals surface area (Å²) in [5.41, 5.74) is 4.20. The first-order chi connectivity index (χ1) is 13.7. The smallest absolute Gasteiger partial charge is 0.341 e. The van der Waals surface area contributed by atoms with Gasteiger partial charge in [-0.2, -0.15) is 0 Å². The Balaban J connectivity index is 2.28. The largest absolute Gasteiger partial charge is 0.477 e. The topological polar surface area (TPSA) is 59.3 Å². The molecule has 0 fully saturated rings. The lowest BCUT2D eigenvalue weighted by Gasteiger charge is -2.20. The Bertz CT molecular complexity index is 1170. The van der Waals surface area contributed by atoms with Crippen LogP contribution in [0.15, 0.2) is 47.3 Å². The molecule has 1 heterocycles. The van der Waals surface area contributed by atoms with Crippen LogP contribution >= 0.6 is 23.2 Å². The fourth-order valence-corrected chi connectivity index (χ4v) is 3.89. The highest BCUT2D eigenvalue weighted by Gasteiger charge is 2.22. The maximum absolute atomic E-state index is 12.8. The number of aromatic carboxylic acids is 1. The summed E-state index contributed by atoms with van der Waals surface area (Å²) in [5, 5.41) is 10.4. The van der Waals surface area contributed by atoms with Gasteiger partial charge in [-0.25, -0.2) is 4.79 Å². The number of halogens is 2. The number of pyridine rings is 1. The van der Waals surface area contributed by atoms with Crippen LogP contribution in [0.5, 0.6) is 0 Å². The van der Waals surface area contributed by atoms with Crippen LogP contribution < -0.4 is 5.43 Å². The molecule has 0 saturated carbocycles. The van der Waals surface area contributed by atoms with Crippen molar-refractivity contribution in [3.63, 3.8) is 0 Å². The Labute approximate surface area is 179 Å². The maximum Gasteiger partial charge on any atom is 0.341 e. The molecule has 0 unspecified atom stereocenters. The molecule has 0 bridgehead atoms. The molecule has 1 N–H and O–H groups in total. The van der Waals surface area contributed by atoms with E-state index < -0.39 is 11.4 Å². The van der Waals surface area contributed by atoms with Crippen molar-refractivity contribution in [1.29, 1.82) is 0 Å². The number of carboxylic acid groups (broad SMARTS) is 1. The maximum atomic E-state index is 12.8. The molecule has 0 atom stereocenters. The van der Waals surface area contributed by atoms with Gasteiger partial charge in [0.2, 0.25) is 0 Å². The van der Waals surface area contributed by atoms with Gasteiger partial charge in [0.05, 0.1) is 15.7 Å². The summed E-state index contributed by atoms with van der Waals surface area (Å²) in [6.45, 7) is 6.48. The minimum atomic E-state index is -1.27. The number of aryl methyl sites for hydroxylation is 2. The summed E-state index contributed by atoms with van der Waals surface area (Å²) in [4.78, 5) is 24.7. The summed E-state index contributed by atoms with van der Waals surface area (Å²) in [6.07, 6.45) is 0.517. The zero-order valence-corrected chi connectivity index (χ0v) is 17.9. The number of nitrogens with zero attached hydrogens (tertiary/aromatic N) is 1. The molecule has 0 aliphatic carbocycles. The number of hydrogen-bond donors (Lipinski definition) is 1. The summed E-state index contributed by atoms with van der Waals surface area (Å²) in [6, 6.07) is 12.5. The lowest BCUT2D eigenvalue weighted by Crippen LogP contribution is -2.23. The first kappa shape index (κ1) is 21.2. The Kier molecular flexibility index (Phi) is 6.15. The normalized spacial score (nSPS) is 10.9. The Morgan fingerprint density at radius 1 is 1.03 bits per heavy atom. The fourth-order valence-electron chi connectivity index (χ4n) is 3.59. The van der Waals surface area contributed by atoms with Crippen molar-refractivity contribution in [3.8, 4) is 11.3 Å². The number of carbonyl (C=O) groups is 1. The Morgan fingerprint density at radius 2 is 1.76 bits per heavy atom. The highest BCUT2D eigenvalue weighted by atomic mass is 35.5. The Morgan fingerprint density at radius 3 is 2.34 bits per heavy atom. The average Bonchev–Trinajstić information content (AvgIpc) is 2.65. The van der Waals surface area contributed by atoms with Gasteiger partial charge in [0.1, 0.15) is 5.56 Å². The third-order valence-corrected chi connectivity index (χ3v) is 5.73. The van der Waals surface area contributed by atoms with E-state index in [2.05, 4.69) is 6.07 Å². The van der Waals surface area contributed by atoms with Gasteiger partial charge in [-0.1, -0.05) is 53.0 Å². The van der Waals surface area contributed by atoms with E-state index in [1.54, 1.807) is 18.2 Å². The van der Waals surface area contributed by atoms with Gasteiger partial charge in [-0.15, -0.1) is 0 Å². The second-order valence-corrected chi connectivity index (χ2v) is 7.82. The number of carboxylic acids is 1. The number of rotatable bonds is 5. The minimum absolute atomic E-state index is 0.269. The Hall–Kier alpha value is -2.56. The molecule has 0 aliphatic heterocycles. The van der Waals surface area contributed by atoms with Crippen LogP contribution in [0, 0.1) is 13.8 Å². The lowest BCUT2D eigenvalue weighted by atomic mass is 9.98. The van der Waals surface area contributed by atoms with E-state index in [4.69, 9.17) is 23.2 Å². The molecule has 29 heavy (non-hydrogen) atoms. The summed E-state index contributed by atoms with van der Waals surface area (Å²) < 4.78 is 1.86. The zero-order valence-electron chi connectivity index (χ0n) is 16.4. The van der Waals surface area contributed by atoms with Crippen LogP contribution in [-0.2, 0) is 13.0 Å². The molecule has 0 spiro atoms. The van der Waals surface area contributed by atoms with Gasteiger partial charge in [0.15, 0.2) is 5.43 Å². The van der Waals surface area contributed by atoms with Crippen molar-refractivity contribution in [3.05, 3.63) is 90.7 Å². The van der Waals surface area contributed by atoms with Crippen LogP contribution in [0.4, 0.5) is 0 Å². The number of benzene rings is 2. The molecule has 6 heteroatoms. The molecule has 150 valence electrons. The van der Waals surface area contributed by atoms with Crippen molar-refractivity contribution >= 4 is 29.2 Å². The van der Waals surface area contributed by atoms with Crippen LogP contribution in [0.25, 0.3) is 11.3 Å². The van der Waals surface area contributed by atoms with Crippen molar-refractivity contribution in [2.45, 2.75) is 33.7 Å².